The summed E-state index contributed by atoms with van der Waals surface area (Å²) < 4.78 is 41.2. The van der Waals surface area contributed by atoms with Gasteiger partial charge in [-0.1, -0.05) is 0 Å². The average Bonchev–Trinajstić information content (AvgIpc) is 3.27. The molecule has 10 heteroatoms. The van der Waals surface area contributed by atoms with Crippen LogP contribution in [0.4, 0.5) is 13.2 Å². The van der Waals surface area contributed by atoms with Crippen LogP contribution < -0.4 is 11.1 Å². The Kier molecular flexibility index (Phi) is 5.52. The molecular weight excluding hydrogens is 407 g/mol. The maximum absolute atomic E-state index is 13.6. The van der Waals surface area contributed by atoms with Crippen molar-refractivity contribution >= 4 is 22.6 Å². The predicted molar refractivity (Wildman–Crippen MR) is 112 cm³/mol. The Labute approximate surface area is 177 Å². The van der Waals surface area contributed by atoms with Gasteiger partial charge in [-0.25, -0.2) is 22.7 Å². The van der Waals surface area contributed by atoms with Crippen LogP contribution >= 0.6 is 0 Å². The first-order chi connectivity index (χ1) is 14.7. The van der Waals surface area contributed by atoms with Crippen molar-refractivity contribution in [3.63, 3.8) is 0 Å². The molecule has 31 heavy (non-hydrogen) atoms. The average molecular weight is 431 g/mol. The van der Waals surface area contributed by atoms with E-state index in [4.69, 9.17) is 16.6 Å². The van der Waals surface area contributed by atoms with E-state index in [0.717, 1.165) is 12.1 Å². The van der Waals surface area contributed by atoms with Crippen molar-refractivity contribution in [2.45, 2.75) is 38.7 Å². The maximum atomic E-state index is 13.6. The number of nitrogens with one attached hydrogen (secondary N) is 3. The molecule has 2 fully saturated rings. The summed E-state index contributed by atoms with van der Waals surface area (Å²) in [5.74, 6) is -0.898. The van der Waals surface area contributed by atoms with E-state index in [0.29, 0.717) is 17.2 Å². The third kappa shape index (κ3) is 4.17. The monoisotopic (exact) mass is 431 g/mol. The molecule has 1 saturated carbocycles. The molecule has 3 aliphatic rings. The zero-order valence-corrected chi connectivity index (χ0v) is 17.1. The topological polar surface area (TPSA) is 116 Å². The molecule has 3 heterocycles. The molecule has 5 rings (SSSR count). The fraction of sp³-hybridized carbons (Fsp3) is 0.429. The van der Waals surface area contributed by atoms with Crippen LogP contribution in [0.15, 0.2) is 30.2 Å². The van der Waals surface area contributed by atoms with Crippen molar-refractivity contribution < 1.29 is 13.2 Å². The highest BCUT2D eigenvalue weighted by molar-refractivity contribution is 6.51. The number of rotatable bonds is 2. The van der Waals surface area contributed by atoms with Gasteiger partial charge in [-0.3, -0.25) is 10.8 Å². The Balaban J connectivity index is 0.000000212. The lowest BCUT2D eigenvalue weighted by atomic mass is 9.80. The minimum atomic E-state index is -2.76. The number of alkyl halides is 2. The lowest BCUT2D eigenvalue weighted by Gasteiger charge is -2.39. The minimum absolute atomic E-state index is 0.0416. The Morgan fingerprint density at radius 3 is 2.55 bits per heavy atom. The number of imidazole rings is 1. The van der Waals surface area contributed by atoms with Gasteiger partial charge in [0.05, 0.1) is 28.9 Å². The fourth-order valence-electron chi connectivity index (χ4n) is 4.22. The van der Waals surface area contributed by atoms with E-state index in [9.17, 15) is 13.2 Å². The highest BCUT2D eigenvalue weighted by atomic mass is 19.3. The summed E-state index contributed by atoms with van der Waals surface area (Å²) >= 11 is 0. The number of hydrogen-bond donors (Lipinski definition) is 4. The van der Waals surface area contributed by atoms with Crippen LogP contribution in [0.2, 0.25) is 0 Å². The van der Waals surface area contributed by atoms with E-state index in [1.54, 1.807) is 6.92 Å². The van der Waals surface area contributed by atoms with Crippen molar-refractivity contribution in [2.75, 3.05) is 13.1 Å². The molecule has 1 spiro atoms. The van der Waals surface area contributed by atoms with Gasteiger partial charge in [0.25, 0.3) is 6.43 Å². The molecule has 0 aromatic carbocycles. The maximum Gasteiger partial charge on any atom is 0.267 e. The molecule has 1 atom stereocenters. The third-order valence-corrected chi connectivity index (χ3v) is 5.94. The summed E-state index contributed by atoms with van der Waals surface area (Å²) in [7, 11) is 0. The fourth-order valence-corrected chi connectivity index (χ4v) is 4.22. The van der Waals surface area contributed by atoms with Crippen molar-refractivity contribution in [1.29, 1.82) is 10.8 Å². The highest BCUT2D eigenvalue weighted by Gasteiger charge is 2.42. The molecule has 5 N–H and O–H groups in total. The molecule has 0 bridgehead atoms. The Morgan fingerprint density at radius 1 is 1.29 bits per heavy atom. The molecule has 1 saturated heterocycles. The lowest BCUT2D eigenvalue weighted by Crippen LogP contribution is -2.52. The number of aryl methyl sites for hydroxylation is 1. The molecule has 0 amide bonds. The summed E-state index contributed by atoms with van der Waals surface area (Å²) in [5.41, 5.74) is 6.07. The standard InChI is InChI=1S/C14H10F3N5.C7H14N2/c1-6-5-22-14(20-6)8(13(16)17)4-11(21-22)7-2-9(15)12(19)10(18)3-7;8-6-1-2-7(3-6)4-9-5-7/h2-5,13,18-19H,1H3;6,9H,1-5,8H2. The molecule has 0 radical (unpaired) electrons. The second-order valence-corrected chi connectivity index (χ2v) is 8.42. The van der Waals surface area contributed by atoms with E-state index in [2.05, 4.69) is 15.4 Å². The van der Waals surface area contributed by atoms with E-state index < -0.39 is 18.0 Å². The largest absolute Gasteiger partial charge is 0.328 e. The molecule has 2 aromatic rings. The SMILES string of the molecule is Cc1cn2nc(C3=CC(=N)C(=N)C(F)=C3)cc(C(F)F)c2n1.NC1CCC2(CNC2)C1. The summed E-state index contributed by atoms with van der Waals surface area (Å²) in [6, 6.07) is 1.64. The van der Waals surface area contributed by atoms with Crippen molar-refractivity contribution in [3.05, 3.63) is 47.2 Å². The van der Waals surface area contributed by atoms with Crippen LogP contribution in [0.25, 0.3) is 11.2 Å². The molecule has 2 aromatic heterocycles. The van der Waals surface area contributed by atoms with E-state index in [1.165, 1.54) is 49.1 Å². The Morgan fingerprint density at radius 2 is 2.03 bits per heavy atom. The van der Waals surface area contributed by atoms with Crippen LogP contribution in [0, 0.1) is 23.2 Å². The van der Waals surface area contributed by atoms with Crippen LogP contribution in [0.5, 0.6) is 0 Å². The van der Waals surface area contributed by atoms with E-state index in [-0.39, 0.29) is 28.2 Å². The van der Waals surface area contributed by atoms with Gasteiger partial charge in [-0.15, -0.1) is 0 Å². The van der Waals surface area contributed by atoms with Gasteiger partial charge >= 0.3 is 0 Å². The second kappa shape index (κ2) is 8.01. The summed E-state index contributed by atoms with van der Waals surface area (Å²) in [4.78, 5) is 4.00. The minimum Gasteiger partial charge on any atom is -0.328 e. The van der Waals surface area contributed by atoms with Gasteiger partial charge in [0.1, 0.15) is 5.71 Å². The first kappa shape index (κ1) is 21.4. The first-order valence-electron chi connectivity index (χ1n) is 10.1. The second-order valence-electron chi connectivity index (χ2n) is 8.42. The smallest absolute Gasteiger partial charge is 0.267 e. The van der Waals surface area contributed by atoms with E-state index in [1.807, 2.05) is 0 Å². The Hall–Kier alpha value is -2.85. The Bertz CT molecular complexity index is 1110. The van der Waals surface area contributed by atoms with Gasteiger partial charge in [-0.2, -0.15) is 5.10 Å². The normalized spacial score (nSPS) is 22.3. The predicted octanol–water partition coefficient (Wildman–Crippen LogP) is 3.35. The number of fused-ring (bicyclic) bond motifs is 1. The third-order valence-electron chi connectivity index (χ3n) is 5.94. The van der Waals surface area contributed by atoms with Crippen molar-refractivity contribution in [3.8, 4) is 0 Å². The van der Waals surface area contributed by atoms with Crippen LogP contribution in [0.3, 0.4) is 0 Å². The quantitative estimate of drug-likeness (QED) is 0.546. The molecule has 1 unspecified atom stereocenters. The summed E-state index contributed by atoms with van der Waals surface area (Å²) in [6.07, 6.45) is 4.83. The van der Waals surface area contributed by atoms with Gasteiger partial charge in [0, 0.05) is 24.7 Å². The van der Waals surface area contributed by atoms with Gasteiger partial charge < -0.3 is 11.1 Å². The summed E-state index contributed by atoms with van der Waals surface area (Å²) in [5, 5.41) is 22.3. The number of aromatic nitrogens is 3. The van der Waals surface area contributed by atoms with Gasteiger partial charge in [0.2, 0.25) is 0 Å². The van der Waals surface area contributed by atoms with Gasteiger partial charge in [0.15, 0.2) is 11.5 Å². The molecular formula is C21H24F3N7. The summed E-state index contributed by atoms with van der Waals surface area (Å²) in [6.45, 7) is 4.10. The van der Waals surface area contributed by atoms with Crippen LogP contribution in [0.1, 0.15) is 42.6 Å². The number of halogens is 3. The van der Waals surface area contributed by atoms with E-state index >= 15 is 0 Å². The molecule has 164 valence electrons. The highest BCUT2D eigenvalue weighted by Crippen LogP contribution is 2.40. The number of nitrogens with two attached hydrogens (primary N) is 1. The molecule has 1 aliphatic heterocycles. The first-order valence-corrected chi connectivity index (χ1v) is 10.1. The zero-order chi connectivity index (χ0) is 22.3. The number of nitrogens with zero attached hydrogens (tertiary/aromatic N) is 3. The van der Waals surface area contributed by atoms with Gasteiger partial charge in [-0.05, 0) is 49.8 Å². The van der Waals surface area contributed by atoms with Crippen LogP contribution in [-0.2, 0) is 0 Å². The lowest BCUT2D eigenvalue weighted by molar-refractivity contribution is 0.152. The molecule has 2 aliphatic carbocycles. The van der Waals surface area contributed by atoms with Crippen molar-refractivity contribution in [1.82, 2.24) is 19.9 Å². The number of allylic oxidation sites excluding steroid dienone is 4. The zero-order valence-electron chi connectivity index (χ0n) is 17.1. The number of hydrogen-bond acceptors (Lipinski definition) is 6. The molecule has 7 nitrogen and oxygen atoms in total. The van der Waals surface area contributed by atoms with Crippen LogP contribution in [-0.4, -0.2) is 45.2 Å². The van der Waals surface area contributed by atoms with Crippen molar-refractivity contribution in [2.24, 2.45) is 11.1 Å².